The van der Waals surface area contributed by atoms with Crippen LogP contribution in [0.25, 0.3) is 0 Å². The van der Waals surface area contributed by atoms with Crippen LogP contribution in [-0.2, 0) is 0 Å². The summed E-state index contributed by atoms with van der Waals surface area (Å²) in [7, 11) is 0. The van der Waals surface area contributed by atoms with Crippen molar-refractivity contribution in [2.45, 2.75) is 13.8 Å². The van der Waals surface area contributed by atoms with Gasteiger partial charge in [-0.1, -0.05) is 13.8 Å². The largest absolute Gasteiger partial charge is 0.478 e. The maximum Gasteiger partial charge on any atom is 0.335 e. The van der Waals surface area contributed by atoms with Crippen LogP contribution in [0, 0.1) is 17.2 Å². The molecule has 1 aliphatic heterocycles. The third-order valence-electron chi connectivity index (χ3n) is 3.70. The highest BCUT2D eigenvalue weighted by molar-refractivity contribution is 5.89. The maximum atomic E-state index is 11.0. The minimum absolute atomic E-state index is 0.161. The second-order valence-corrected chi connectivity index (χ2v) is 5.83. The molecule has 0 amide bonds. The molecule has 21 heavy (non-hydrogen) atoms. The van der Waals surface area contributed by atoms with E-state index in [0.29, 0.717) is 11.5 Å². The number of carboxylic acid groups (broad SMARTS) is 1. The van der Waals surface area contributed by atoms with E-state index in [2.05, 4.69) is 29.7 Å². The van der Waals surface area contributed by atoms with Crippen molar-refractivity contribution in [1.82, 2.24) is 4.90 Å². The predicted octanol–water partition coefficient (Wildman–Crippen LogP) is 2.03. The van der Waals surface area contributed by atoms with E-state index in [-0.39, 0.29) is 5.56 Å². The zero-order valence-corrected chi connectivity index (χ0v) is 12.5. The lowest BCUT2D eigenvalue weighted by Crippen LogP contribution is -2.47. The highest BCUT2D eigenvalue weighted by Crippen LogP contribution is 2.23. The number of carbonyl (C=O) groups is 1. The molecule has 2 rings (SSSR count). The third-order valence-corrected chi connectivity index (χ3v) is 3.70. The number of hydrogen-bond donors (Lipinski definition) is 1. The van der Waals surface area contributed by atoms with Crippen molar-refractivity contribution in [3.8, 4) is 6.07 Å². The number of benzene rings is 1. The molecule has 0 aromatic heterocycles. The van der Waals surface area contributed by atoms with Gasteiger partial charge < -0.3 is 10.0 Å². The predicted molar refractivity (Wildman–Crippen MR) is 81.6 cm³/mol. The van der Waals surface area contributed by atoms with Gasteiger partial charge in [-0.15, -0.1) is 0 Å². The first-order chi connectivity index (χ1) is 10.0. The van der Waals surface area contributed by atoms with Crippen molar-refractivity contribution >= 4 is 11.7 Å². The smallest absolute Gasteiger partial charge is 0.335 e. The van der Waals surface area contributed by atoms with Gasteiger partial charge in [-0.2, -0.15) is 5.26 Å². The van der Waals surface area contributed by atoms with Gasteiger partial charge in [0.05, 0.1) is 16.8 Å². The molecule has 5 nitrogen and oxygen atoms in total. The summed E-state index contributed by atoms with van der Waals surface area (Å²) in [6.07, 6.45) is 0. The fraction of sp³-hybridized carbons (Fsp3) is 0.500. The van der Waals surface area contributed by atoms with Gasteiger partial charge in [0.1, 0.15) is 6.07 Å². The summed E-state index contributed by atoms with van der Waals surface area (Å²) in [6, 6.07) is 6.89. The lowest BCUT2D eigenvalue weighted by molar-refractivity contribution is 0.0697. The van der Waals surface area contributed by atoms with Crippen molar-refractivity contribution in [3.63, 3.8) is 0 Å². The summed E-state index contributed by atoms with van der Waals surface area (Å²) in [5, 5.41) is 18.2. The zero-order valence-electron chi connectivity index (χ0n) is 12.5. The number of nitriles is 1. The molecule has 1 aliphatic rings. The molecule has 112 valence electrons. The summed E-state index contributed by atoms with van der Waals surface area (Å²) >= 11 is 0. The second-order valence-electron chi connectivity index (χ2n) is 5.83. The standard InChI is InChI=1S/C16H21N3O2/c1-12(2)11-18-5-7-19(8-6-18)15-4-3-13(16(20)21)9-14(15)10-17/h3-4,9,12H,5-8,11H2,1-2H3,(H,20,21). The van der Waals surface area contributed by atoms with E-state index in [9.17, 15) is 10.1 Å². The van der Waals surface area contributed by atoms with E-state index in [1.165, 1.54) is 6.07 Å². The molecule has 1 fully saturated rings. The highest BCUT2D eigenvalue weighted by Gasteiger charge is 2.20. The fourth-order valence-corrected chi connectivity index (χ4v) is 2.72. The Morgan fingerprint density at radius 3 is 2.52 bits per heavy atom. The van der Waals surface area contributed by atoms with E-state index in [1.54, 1.807) is 12.1 Å². The van der Waals surface area contributed by atoms with Crippen LogP contribution >= 0.6 is 0 Å². The van der Waals surface area contributed by atoms with E-state index in [4.69, 9.17) is 5.11 Å². The Morgan fingerprint density at radius 1 is 1.33 bits per heavy atom. The van der Waals surface area contributed by atoms with Gasteiger partial charge in [0.25, 0.3) is 0 Å². The zero-order chi connectivity index (χ0) is 15.4. The summed E-state index contributed by atoms with van der Waals surface area (Å²) in [5.74, 6) is -0.346. The number of aromatic carboxylic acids is 1. The number of anilines is 1. The van der Waals surface area contributed by atoms with Crippen molar-refractivity contribution in [2.24, 2.45) is 5.92 Å². The quantitative estimate of drug-likeness (QED) is 0.917. The average molecular weight is 287 g/mol. The average Bonchev–Trinajstić information content (AvgIpc) is 2.46. The first-order valence-corrected chi connectivity index (χ1v) is 7.26. The lowest BCUT2D eigenvalue weighted by Gasteiger charge is -2.37. The molecule has 1 aromatic rings. The van der Waals surface area contributed by atoms with Crippen LogP contribution in [0.5, 0.6) is 0 Å². The Bertz CT molecular complexity index is 555. The molecule has 1 saturated heterocycles. The van der Waals surface area contributed by atoms with Crippen LogP contribution in [0.15, 0.2) is 18.2 Å². The van der Waals surface area contributed by atoms with Gasteiger partial charge in [-0.3, -0.25) is 4.90 Å². The molecule has 0 aliphatic carbocycles. The van der Waals surface area contributed by atoms with Crippen molar-refractivity contribution < 1.29 is 9.90 Å². The number of carboxylic acids is 1. The van der Waals surface area contributed by atoms with E-state index < -0.39 is 5.97 Å². The van der Waals surface area contributed by atoms with E-state index in [1.807, 2.05) is 0 Å². The minimum atomic E-state index is -1.00. The summed E-state index contributed by atoms with van der Waals surface area (Å²) in [4.78, 5) is 15.6. The van der Waals surface area contributed by atoms with Crippen LogP contribution in [0.4, 0.5) is 5.69 Å². The Labute approximate surface area is 125 Å². The first kappa shape index (κ1) is 15.3. The number of rotatable bonds is 4. The van der Waals surface area contributed by atoms with Gasteiger partial charge >= 0.3 is 5.97 Å². The van der Waals surface area contributed by atoms with Crippen LogP contribution in [0.3, 0.4) is 0 Å². The van der Waals surface area contributed by atoms with E-state index in [0.717, 1.165) is 38.4 Å². The van der Waals surface area contributed by atoms with Crippen LogP contribution < -0.4 is 4.90 Å². The molecular weight excluding hydrogens is 266 g/mol. The van der Waals surface area contributed by atoms with Gasteiger partial charge in [-0.05, 0) is 24.1 Å². The van der Waals surface area contributed by atoms with Crippen molar-refractivity contribution in [2.75, 3.05) is 37.6 Å². The molecule has 1 heterocycles. The molecular formula is C16H21N3O2. The van der Waals surface area contributed by atoms with E-state index >= 15 is 0 Å². The third kappa shape index (κ3) is 3.73. The SMILES string of the molecule is CC(C)CN1CCN(c2ccc(C(=O)O)cc2C#N)CC1. The molecule has 1 N–H and O–H groups in total. The summed E-state index contributed by atoms with van der Waals surface area (Å²) < 4.78 is 0. The Balaban J connectivity index is 2.10. The highest BCUT2D eigenvalue weighted by atomic mass is 16.4. The Morgan fingerprint density at radius 2 is 2.00 bits per heavy atom. The normalized spacial score (nSPS) is 16.0. The molecule has 0 spiro atoms. The molecule has 0 bridgehead atoms. The fourth-order valence-electron chi connectivity index (χ4n) is 2.72. The topological polar surface area (TPSA) is 67.6 Å². The van der Waals surface area contributed by atoms with Gasteiger partial charge in [0, 0.05) is 32.7 Å². The summed E-state index contributed by atoms with van der Waals surface area (Å²) in [5.41, 5.74) is 1.44. The van der Waals surface area contributed by atoms with Crippen LogP contribution in [0.2, 0.25) is 0 Å². The van der Waals surface area contributed by atoms with Crippen molar-refractivity contribution in [3.05, 3.63) is 29.3 Å². The summed E-state index contributed by atoms with van der Waals surface area (Å²) in [6.45, 7) is 9.21. The Kier molecular flexibility index (Phi) is 4.81. The van der Waals surface area contributed by atoms with Gasteiger partial charge in [-0.25, -0.2) is 4.79 Å². The molecule has 1 aromatic carbocycles. The molecule has 0 radical (unpaired) electrons. The van der Waals surface area contributed by atoms with Crippen molar-refractivity contribution in [1.29, 1.82) is 5.26 Å². The minimum Gasteiger partial charge on any atom is -0.478 e. The second kappa shape index (κ2) is 6.59. The lowest BCUT2D eigenvalue weighted by atomic mass is 10.1. The first-order valence-electron chi connectivity index (χ1n) is 7.26. The monoisotopic (exact) mass is 287 g/mol. The Hall–Kier alpha value is -2.06. The maximum absolute atomic E-state index is 11.0. The van der Waals surface area contributed by atoms with Gasteiger partial charge in [0.2, 0.25) is 0 Å². The van der Waals surface area contributed by atoms with Crippen LogP contribution in [-0.4, -0.2) is 48.7 Å². The number of piperazine rings is 1. The molecule has 0 saturated carbocycles. The number of nitrogens with zero attached hydrogens (tertiary/aromatic N) is 3. The molecule has 0 unspecified atom stereocenters. The molecule has 0 atom stereocenters. The number of hydrogen-bond acceptors (Lipinski definition) is 4. The van der Waals surface area contributed by atoms with Gasteiger partial charge in [0.15, 0.2) is 0 Å². The molecule has 5 heteroatoms. The van der Waals surface area contributed by atoms with Crippen LogP contribution in [0.1, 0.15) is 29.8 Å².